The lowest BCUT2D eigenvalue weighted by atomic mass is 9.97. The Morgan fingerprint density at radius 1 is 1.05 bits per heavy atom. The maximum absolute atomic E-state index is 10.8. The van der Waals surface area contributed by atoms with E-state index in [1.165, 1.54) is 38.5 Å². The normalized spacial score (nSPS) is 30.6. The molecule has 116 valence electrons. The minimum absolute atomic E-state index is 0.205. The monoisotopic (exact) mass is 282 g/mol. The minimum Gasteiger partial charge on any atom is -0.480 e. The molecule has 1 saturated carbocycles. The molecule has 1 saturated heterocycles. The van der Waals surface area contributed by atoms with Crippen molar-refractivity contribution in [2.24, 2.45) is 5.92 Å². The van der Waals surface area contributed by atoms with E-state index in [0.29, 0.717) is 0 Å². The number of rotatable bonds is 4. The van der Waals surface area contributed by atoms with Crippen molar-refractivity contribution in [3.05, 3.63) is 0 Å². The van der Waals surface area contributed by atoms with Crippen molar-refractivity contribution in [3.8, 4) is 0 Å². The van der Waals surface area contributed by atoms with Crippen LogP contribution in [0.15, 0.2) is 0 Å². The number of carboxylic acid groups (broad SMARTS) is 1. The Labute approximate surface area is 123 Å². The number of nitrogens with zero attached hydrogens (tertiary/aromatic N) is 2. The topological polar surface area (TPSA) is 43.8 Å². The number of hydrogen-bond acceptors (Lipinski definition) is 3. The predicted molar refractivity (Wildman–Crippen MR) is 80.9 cm³/mol. The van der Waals surface area contributed by atoms with Gasteiger partial charge in [0.15, 0.2) is 0 Å². The summed E-state index contributed by atoms with van der Waals surface area (Å²) in [5.41, 5.74) is 0. The van der Waals surface area contributed by atoms with Gasteiger partial charge < -0.3 is 5.11 Å². The fraction of sp³-hybridized carbons (Fsp3) is 0.938. The Kier molecular flexibility index (Phi) is 6.30. The minimum atomic E-state index is -0.696. The van der Waals surface area contributed by atoms with Gasteiger partial charge in [0.1, 0.15) is 0 Å². The lowest BCUT2D eigenvalue weighted by molar-refractivity contribution is -0.138. The van der Waals surface area contributed by atoms with Crippen LogP contribution < -0.4 is 0 Å². The Bertz CT molecular complexity index is 309. The van der Waals surface area contributed by atoms with Crippen LogP contribution in [-0.2, 0) is 4.79 Å². The van der Waals surface area contributed by atoms with Gasteiger partial charge in [-0.15, -0.1) is 0 Å². The number of carboxylic acids is 1. The maximum atomic E-state index is 10.8. The van der Waals surface area contributed by atoms with Crippen LogP contribution in [0.1, 0.15) is 51.9 Å². The second-order valence-corrected chi connectivity index (χ2v) is 6.50. The maximum Gasteiger partial charge on any atom is 0.317 e. The first-order valence-electron chi connectivity index (χ1n) is 8.37. The predicted octanol–water partition coefficient (Wildman–Crippen LogP) is 2.44. The molecular weight excluding hydrogens is 252 g/mol. The third kappa shape index (κ3) is 4.74. The SMILES string of the molecule is CCC1CCCC(N2CCCN(CC(=O)O)CC2)CC1. The highest BCUT2D eigenvalue weighted by molar-refractivity contribution is 5.69. The van der Waals surface area contributed by atoms with Gasteiger partial charge in [0, 0.05) is 25.7 Å². The molecule has 0 spiro atoms. The molecule has 1 aliphatic heterocycles. The van der Waals surface area contributed by atoms with Crippen molar-refractivity contribution in [1.29, 1.82) is 0 Å². The van der Waals surface area contributed by atoms with Gasteiger partial charge in [0.25, 0.3) is 0 Å². The summed E-state index contributed by atoms with van der Waals surface area (Å²) in [5.74, 6) is 0.245. The number of hydrogen-bond donors (Lipinski definition) is 1. The van der Waals surface area contributed by atoms with Crippen LogP contribution in [0.3, 0.4) is 0 Å². The van der Waals surface area contributed by atoms with Crippen molar-refractivity contribution >= 4 is 5.97 Å². The van der Waals surface area contributed by atoms with Gasteiger partial charge in [-0.25, -0.2) is 0 Å². The molecule has 0 aromatic carbocycles. The van der Waals surface area contributed by atoms with E-state index in [2.05, 4.69) is 16.7 Å². The zero-order chi connectivity index (χ0) is 14.4. The molecule has 0 aromatic heterocycles. The number of carbonyl (C=O) groups is 1. The van der Waals surface area contributed by atoms with Crippen LogP contribution in [0.5, 0.6) is 0 Å². The van der Waals surface area contributed by atoms with Crippen molar-refractivity contribution in [3.63, 3.8) is 0 Å². The first-order valence-corrected chi connectivity index (χ1v) is 8.37. The van der Waals surface area contributed by atoms with Crippen molar-refractivity contribution in [1.82, 2.24) is 9.80 Å². The molecule has 0 radical (unpaired) electrons. The standard InChI is InChI=1S/C16H30N2O2/c1-2-14-5-3-6-15(8-7-14)18-10-4-9-17(11-12-18)13-16(19)20/h14-15H,2-13H2,1H3,(H,19,20). The molecule has 20 heavy (non-hydrogen) atoms. The van der Waals surface area contributed by atoms with Crippen LogP contribution in [0.2, 0.25) is 0 Å². The molecule has 0 bridgehead atoms. The highest BCUT2D eigenvalue weighted by atomic mass is 16.4. The van der Waals surface area contributed by atoms with Crippen LogP contribution in [-0.4, -0.2) is 59.6 Å². The van der Waals surface area contributed by atoms with Gasteiger partial charge in [-0.2, -0.15) is 0 Å². The lowest BCUT2D eigenvalue weighted by Gasteiger charge is -2.30. The lowest BCUT2D eigenvalue weighted by Crippen LogP contribution is -2.39. The van der Waals surface area contributed by atoms with Crippen LogP contribution in [0.4, 0.5) is 0 Å². The van der Waals surface area contributed by atoms with E-state index >= 15 is 0 Å². The van der Waals surface area contributed by atoms with Gasteiger partial charge >= 0.3 is 5.97 Å². The average Bonchev–Trinajstić information content (AvgIpc) is 2.78. The molecule has 2 unspecified atom stereocenters. The van der Waals surface area contributed by atoms with Gasteiger partial charge in [0.2, 0.25) is 0 Å². The molecule has 1 aliphatic carbocycles. The molecule has 0 amide bonds. The molecule has 2 fully saturated rings. The van der Waals surface area contributed by atoms with E-state index in [4.69, 9.17) is 5.11 Å². The van der Waals surface area contributed by atoms with E-state index in [1.54, 1.807) is 0 Å². The first-order chi connectivity index (χ1) is 9.69. The van der Waals surface area contributed by atoms with Gasteiger partial charge in [-0.3, -0.25) is 14.6 Å². The molecule has 2 atom stereocenters. The molecule has 4 heteroatoms. The highest BCUT2D eigenvalue weighted by Crippen LogP contribution is 2.28. The van der Waals surface area contributed by atoms with Crippen molar-refractivity contribution < 1.29 is 9.90 Å². The Morgan fingerprint density at radius 3 is 2.65 bits per heavy atom. The fourth-order valence-corrected chi connectivity index (χ4v) is 3.84. The summed E-state index contributed by atoms with van der Waals surface area (Å²) in [4.78, 5) is 15.6. The third-order valence-corrected chi connectivity index (χ3v) is 5.13. The fourth-order valence-electron chi connectivity index (χ4n) is 3.84. The summed E-state index contributed by atoms with van der Waals surface area (Å²) in [6.07, 6.45) is 9.30. The third-order valence-electron chi connectivity index (χ3n) is 5.13. The first kappa shape index (κ1) is 15.8. The highest BCUT2D eigenvalue weighted by Gasteiger charge is 2.25. The van der Waals surface area contributed by atoms with Crippen molar-refractivity contribution in [2.75, 3.05) is 32.7 Å². The molecule has 0 aromatic rings. The zero-order valence-electron chi connectivity index (χ0n) is 12.9. The van der Waals surface area contributed by atoms with E-state index in [0.717, 1.165) is 44.6 Å². The summed E-state index contributed by atoms with van der Waals surface area (Å²) in [5, 5.41) is 8.91. The summed E-state index contributed by atoms with van der Waals surface area (Å²) >= 11 is 0. The summed E-state index contributed by atoms with van der Waals surface area (Å²) in [6, 6.07) is 0.747. The smallest absolute Gasteiger partial charge is 0.317 e. The average molecular weight is 282 g/mol. The van der Waals surface area contributed by atoms with E-state index in [9.17, 15) is 4.79 Å². The number of aliphatic carboxylic acids is 1. The van der Waals surface area contributed by atoms with E-state index < -0.39 is 5.97 Å². The second-order valence-electron chi connectivity index (χ2n) is 6.50. The van der Waals surface area contributed by atoms with Crippen LogP contribution >= 0.6 is 0 Å². The van der Waals surface area contributed by atoms with Gasteiger partial charge in [0.05, 0.1) is 6.54 Å². The van der Waals surface area contributed by atoms with Crippen molar-refractivity contribution in [2.45, 2.75) is 57.9 Å². The molecule has 4 nitrogen and oxygen atoms in total. The molecular formula is C16H30N2O2. The quantitative estimate of drug-likeness (QED) is 0.804. The molecule has 2 rings (SSSR count). The molecule has 2 aliphatic rings. The Balaban J connectivity index is 1.82. The van der Waals surface area contributed by atoms with E-state index in [1.807, 2.05) is 0 Å². The zero-order valence-corrected chi connectivity index (χ0v) is 12.9. The second kappa shape index (κ2) is 7.99. The van der Waals surface area contributed by atoms with Gasteiger partial charge in [-0.1, -0.05) is 26.2 Å². The summed E-state index contributed by atoms with van der Waals surface area (Å²) in [6.45, 7) is 6.58. The van der Waals surface area contributed by atoms with Crippen LogP contribution in [0.25, 0.3) is 0 Å². The van der Waals surface area contributed by atoms with E-state index in [-0.39, 0.29) is 6.54 Å². The molecule has 1 heterocycles. The summed E-state index contributed by atoms with van der Waals surface area (Å²) in [7, 11) is 0. The largest absolute Gasteiger partial charge is 0.480 e. The van der Waals surface area contributed by atoms with Gasteiger partial charge in [-0.05, 0) is 38.1 Å². The Hall–Kier alpha value is -0.610. The van der Waals surface area contributed by atoms with Crippen LogP contribution in [0, 0.1) is 5.92 Å². The molecule has 1 N–H and O–H groups in total. The summed E-state index contributed by atoms with van der Waals surface area (Å²) < 4.78 is 0. The Morgan fingerprint density at radius 2 is 1.90 bits per heavy atom.